The summed E-state index contributed by atoms with van der Waals surface area (Å²) in [5, 5.41) is 3.08. The zero-order valence-electron chi connectivity index (χ0n) is 9.28. The van der Waals surface area contributed by atoms with Gasteiger partial charge in [-0.15, -0.1) is 12.4 Å². The van der Waals surface area contributed by atoms with Crippen molar-refractivity contribution in [3.05, 3.63) is 34.3 Å². The highest BCUT2D eigenvalue weighted by Gasteiger charge is 2.09. The van der Waals surface area contributed by atoms with Crippen molar-refractivity contribution in [3.63, 3.8) is 0 Å². The predicted molar refractivity (Wildman–Crippen MR) is 75.3 cm³/mol. The van der Waals surface area contributed by atoms with E-state index >= 15 is 0 Å². The lowest BCUT2D eigenvalue weighted by molar-refractivity contribution is 0.0996. The van der Waals surface area contributed by atoms with Crippen molar-refractivity contribution in [2.24, 2.45) is 4.99 Å². The first-order chi connectivity index (χ1) is 7.75. The first kappa shape index (κ1) is 14.2. The molecule has 17 heavy (non-hydrogen) atoms. The Morgan fingerprint density at radius 3 is 2.65 bits per heavy atom. The van der Waals surface area contributed by atoms with Crippen molar-refractivity contribution in [2.45, 2.75) is 12.8 Å². The largest absolute Gasteiger partial charge is 0.366 e. The van der Waals surface area contributed by atoms with E-state index in [1.165, 1.54) is 0 Å². The Morgan fingerprint density at radius 1 is 1.35 bits per heavy atom. The molecule has 5 heteroatoms. The molecule has 0 amide bonds. The summed E-state index contributed by atoms with van der Waals surface area (Å²) in [5.41, 5.74) is 0.731. The fourth-order valence-electron chi connectivity index (χ4n) is 1.60. The molecule has 0 unspecified atom stereocenters. The summed E-state index contributed by atoms with van der Waals surface area (Å²) in [6.45, 7) is 1.22. The Bertz CT molecular complexity index is 417. The van der Waals surface area contributed by atoms with Gasteiger partial charge in [0.15, 0.2) is 5.78 Å². The van der Waals surface area contributed by atoms with Gasteiger partial charge in [-0.3, -0.25) is 9.79 Å². The smallest absolute Gasteiger partial charge is 0.181 e. The molecule has 1 aliphatic heterocycles. The molecule has 0 bridgehead atoms. The molecule has 1 N–H and O–H groups in total. The number of nitrogens with one attached hydrogen (secondary N) is 1. The van der Waals surface area contributed by atoms with E-state index < -0.39 is 0 Å². The van der Waals surface area contributed by atoms with E-state index in [-0.39, 0.29) is 18.2 Å². The zero-order chi connectivity index (χ0) is 11.4. The van der Waals surface area contributed by atoms with E-state index in [0.717, 1.165) is 35.3 Å². The second-order valence-corrected chi connectivity index (χ2v) is 4.63. The summed E-state index contributed by atoms with van der Waals surface area (Å²) >= 11 is 3.34. The Labute approximate surface area is 115 Å². The molecule has 0 spiro atoms. The molecule has 0 saturated heterocycles. The van der Waals surface area contributed by atoms with Gasteiger partial charge in [-0.05, 0) is 18.6 Å². The number of ketones is 1. The van der Waals surface area contributed by atoms with Gasteiger partial charge in [0.2, 0.25) is 0 Å². The quantitative estimate of drug-likeness (QED) is 0.871. The molecule has 0 saturated carbocycles. The lowest BCUT2D eigenvalue weighted by Crippen LogP contribution is -2.28. The van der Waals surface area contributed by atoms with Crippen LogP contribution in [0, 0.1) is 0 Å². The number of aliphatic imine (C=N–C) groups is 1. The molecule has 2 rings (SSSR count). The minimum atomic E-state index is 0. The Kier molecular flexibility index (Phi) is 5.65. The van der Waals surface area contributed by atoms with Crippen molar-refractivity contribution >= 4 is 40.0 Å². The van der Waals surface area contributed by atoms with Gasteiger partial charge in [-0.25, -0.2) is 0 Å². The van der Waals surface area contributed by atoms with Gasteiger partial charge in [0, 0.05) is 23.0 Å². The zero-order valence-corrected chi connectivity index (χ0v) is 11.7. The Hall–Kier alpha value is -0.870. The maximum Gasteiger partial charge on any atom is 0.181 e. The van der Waals surface area contributed by atoms with Crippen LogP contribution in [0.2, 0.25) is 0 Å². The number of hydrogen-bond donors (Lipinski definition) is 1. The highest BCUT2D eigenvalue weighted by Crippen LogP contribution is 2.10. The summed E-state index contributed by atoms with van der Waals surface area (Å²) in [5.74, 6) is 1.06. The maximum absolute atomic E-state index is 11.8. The number of rotatable bonds is 3. The van der Waals surface area contributed by atoms with Crippen molar-refractivity contribution in [1.29, 1.82) is 0 Å². The second-order valence-electron chi connectivity index (χ2n) is 3.72. The number of Topliss-reactive ketones (excluding diaryl/α,β-unsaturated/α-hetero) is 1. The van der Waals surface area contributed by atoms with E-state index in [2.05, 4.69) is 26.2 Å². The van der Waals surface area contributed by atoms with Crippen LogP contribution in [0.5, 0.6) is 0 Å². The average molecular weight is 318 g/mol. The molecule has 0 fully saturated rings. The number of nitrogens with zero attached hydrogens (tertiary/aromatic N) is 1. The molecule has 1 aliphatic rings. The van der Waals surface area contributed by atoms with Gasteiger partial charge in [-0.2, -0.15) is 0 Å². The Morgan fingerprint density at radius 2 is 2.06 bits per heavy atom. The molecule has 0 atom stereocenters. The lowest BCUT2D eigenvalue weighted by atomic mass is 10.1. The van der Waals surface area contributed by atoms with Crippen LogP contribution < -0.4 is 5.32 Å². The third kappa shape index (κ3) is 4.13. The van der Waals surface area contributed by atoms with Gasteiger partial charge in [0.1, 0.15) is 0 Å². The summed E-state index contributed by atoms with van der Waals surface area (Å²) < 4.78 is 0.983. The van der Waals surface area contributed by atoms with Crippen LogP contribution in [0.3, 0.4) is 0 Å². The average Bonchev–Trinajstić information content (AvgIpc) is 2.80. The standard InChI is InChI=1S/C12H13BrN2O.ClH/c13-10-5-3-9(4-6-10)11(16)8-15-12-2-1-7-14-12;/h3-6H,1-2,7-8H2,(H,14,15);1H. The Balaban J connectivity index is 0.00000144. The van der Waals surface area contributed by atoms with Crippen LogP contribution in [0.25, 0.3) is 0 Å². The van der Waals surface area contributed by atoms with Gasteiger partial charge >= 0.3 is 0 Å². The van der Waals surface area contributed by atoms with E-state index in [1.807, 2.05) is 24.3 Å². The van der Waals surface area contributed by atoms with Crippen molar-refractivity contribution in [3.8, 4) is 0 Å². The number of halogens is 2. The molecule has 1 heterocycles. The fourth-order valence-corrected chi connectivity index (χ4v) is 1.87. The highest BCUT2D eigenvalue weighted by molar-refractivity contribution is 9.10. The third-order valence-electron chi connectivity index (χ3n) is 2.49. The fraction of sp³-hybridized carbons (Fsp3) is 0.333. The molecular weight excluding hydrogens is 304 g/mol. The summed E-state index contributed by atoms with van der Waals surface area (Å²) in [6, 6.07) is 7.40. The van der Waals surface area contributed by atoms with Gasteiger partial charge in [-0.1, -0.05) is 28.1 Å². The first-order valence-electron chi connectivity index (χ1n) is 5.31. The molecule has 92 valence electrons. The van der Waals surface area contributed by atoms with Crippen molar-refractivity contribution in [2.75, 3.05) is 13.1 Å². The van der Waals surface area contributed by atoms with Crippen LogP contribution in [-0.2, 0) is 0 Å². The third-order valence-corrected chi connectivity index (χ3v) is 3.02. The number of hydrogen-bond acceptors (Lipinski definition) is 3. The summed E-state index contributed by atoms with van der Waals surface area (Å²) in [6.07, 6.45) is 2.06. The topological polar surface area (TPSA) is 41.5 Å². The van der Waals surface area contributed by atoms with Crippen LogP contribution in [0.15, 0.2) is 33.7 Å². The van der Waals surface area contributed by atoms with Gasteiger partial charge < -0.3 is 5.32 Å². The molecule has 3 nitrogen and oxygen atoms in total. The SMILES string of the molecule is Cl.O=C(CNC1=NCCC1)c1ccc(Br)cc1. The molecule has 1 aromatic carbocycles. The molecule has 1 aromatic rings. The van der Waals surface area contributed by atoms with Crippen LogP contribution in [0.1, 0.15) is 23.2 Å². The van der Waals surface area contributed by atoms with E-state index in [9.17, 15) is 4.79 Å². The summed E-state index contributed by atoms with van der Waals surface area (Å²) in [7, 11) is 0. The first-order valence-corrected chi connectivity index (χ1v) is 6.11. The van der Waals surface area contributed by atoms with Crippen LogP contribution in [0.4, 0.5) is 0 Å². The summed E-state index contributed by atoms with van der Waals surface area (Å²) in [4.78, 5) is 16.0. The molecule has 0 aliphatic carbocycles. The molecular formula is C12H14BrClN2O. The monoisotopic (exact) mass is 316 g/mol. The number of benzene rings is 1. The number of amidine groups is 1. The second kappa shape index (κ2) is 6.77. The van der Waals surface area contributed by atoms with E-state index in [1.54, 1.807) is 0 Å². The van der Waals surface area contributed by atoms with Gasteiger partial charge in [0.05, 0.1) is 12.4 Å². The van der Waals surface area contributed by atoms with Crippen LogP contribution >= 0.6 is 28.3 Å². The van der Waals surface area contributed by atoms with E-state index in [0.29, 0.717) is 6.54 Å². The lowest BCUT2D eigenvalue weighted by Gasteiger charge is -2.04. The maximum atomic E-state index is 11.8. The predicted octanol–water partition coefficient (Wildman–Crippen LogP) is 2.84. The molecule has 0 radical (unpaired) electrons. The van der Waals surface area contributed by atoms with Crippen molar-refractivity contribution < 1.29 is 4.79 Å². The van der Waals surface area contributed by atoms with Crippen LogP contribution in [-0.4, -0.2) is 24.7 Å². The number of carbonyl (C=O) groups excluding carboxylic acids is 1. The minimum absolute atomic E-state index is 0. The molecule has 0 aromatic heterocycles. The minimum Gasteiger partial charge on any atom is -0.366 e. The highest BCUT2D eigenvalue weighted by atomic mass is 79.9. The van der Waals surface area contributed by atoms with Gasteiger partial charge in [0.25, 0.3) is 0 Å². The van der Waals surface area contributed by atoms with Crippen molar-refractivity contribution in [1.82, 2.24) is 5.32 Å². The van der Waals surface area contributed by atoms with E-state index in [4.69, 9.17) is 0 Å². The number of carbonyl (C=O) groups is 1. The normalized spacial score (nSPS) is 13.8.